The van der Waals surface area contributed by atoms with Gasteiger partial charge in [0, 0.05) is 17.1 Å². The molecule has 0 bridgehead atoms. The van der Waals surface area contributed by atoms with Gasteiger partial charge in [-0.05, 0) is 42.8 Å². The van der Waals surface area contributed by atoms with Crippen LogP contribution in [0.25, 0.3) is 10.6 Å². The summed E-state index contributed by atoms with van der Waals surface area (Å²) in [6.07, 6.45) is 0. The molecule has 1 heterocycles. The SMILES string of the molecule is COc1ccc(-c2nc(C)c(C(=O)NCc3ccccc3Cl)s2)cc1. The predicted molar refractivity (Wildman–Crippen MR) is 101 cm³/mol. The molecule has 4 nitrogen and oxygen atoms in total. The van der Waals surface area contributed by atoms with Crippen molar-refractivity contribution in [3.63, 3.8) is 0 Å². The van der Waals surface area contributed by atoms with Gasteiger partial charge in [0.15, 0.2) is 0 Å². The molecule has 0 atom stereocenters. The van der Waals surface area contributed by atoms with Crippen LogP contribution in [-0.2, 0) is 6.54 Å². The molecule has 0 aliphatic carbocycles. The first kappa shape index (κ1) is 17.5. The van der Waals surface area contributed by atoms with Crippen molar-refractivity contribution in [1.29, 1.82) is 0 Å². The molecule has 0 unspecified atom stereocenters. The van der Waals surface area contributed by atoms with E-state index in [4.69, 9.17) is 16.3 Å². The van der Waals surface area contributed by atoms with Gasteiger partial charge in [-0.15, -0.1) is 11.3 Å². The van der Waals surface area contributed by atoms with Crippen LogP contribution in [0.15, 0.2) is 48.5 Å². The molecule has 0 saturated carbocycles. The normalized spacial score (nSPS) is 10.5. The lowest BCUT2D eigenvalue weighted by Crippen LogP contribution is -2.22. The molecular weight excluding hydrogens is 356 g/mol. The van der Waals surface area contributed by atoms with Gasteiger partial charge in [0.25, 0.3) is 5.91 Å². The fraction of sp³-hybridized carbons (Fsp3) is 0.158. The third-order valence-corrected chi connectivity index (χ3v) is 5.31. The van der Waals surface area contributed by atoms with Gasteiger partial charge in [0.2, 0.25) is 0 Å². The summed E-state index contributed by atoms with van der Waals surface area (Å²) in [5.41, 5.74) is 2.56. The Morgan fingerprint density at radius 3 is 2.60 bits per heavy atom. The van der Waals surface area contributed by atoms with Crippen LogP contribution in [0.3, 0.4) is 0 Å². The van der Waals surface area contributed by atoms with E-state index in [0.717, 1.165) is 21.9 Å². The zero-order chi connectivity index (χ0) is 17.8. The third kappa shape index (κ3) is 4.00. The summed E-state index contributed by atoms with van der Waals surface area (Å²) in [5.74, 6) is 0.643. The second-order valence-corrected chi connectivity index (χ2v) is 6.84. The average molecular weight is 373 g/mol. The van der Waals surface area contributed by atoms with Gasteiger partial charge < -0.3 is 10.1 Å². The monoisotopic (exact) mass is 372 g/mol. The topological polar surface area (TPSA) is 51.2 Å². The van der Waals surface area contributed by atoms with Gasteiger partial charge in [-0.25, -0.2) is 4.98 Å². The Bertz CT molecular complexity index is 891. The van der Waals surface area contributed by atoms with E-state index in [1.807, 2.05) is 55.5 Å². The number of benzene rings is 2. The Hall–Kier alpha value is -2.37. The van der Waals surface area contributed by atoms with Crippen molar-refractivity contribution in [3.05, 3.63) is 69.7 Å². The summed E-state index contributed by atoms with van der Waals surface area (Å²) in [7, 11) is 1.63. The Kier molecular flexibility index (Phi) is 5.36. The van der Waals surface area contributed by atoms with Crippen LogP contribution in [0.4, 0.5) is 0 Å². The Labute approximate surface area is 155 Å². The fourth-order valence-electron chi connectivity index (χ4n) is 2.36. The first-order valence-corrected chi connectivity index (χ1v) is 8.91. The quantitative estimate of drug-likeness (QED) is 0.705. The molecule has 0 aliphatic heterocycles. The maximum atomic E-state index is 12.5. The van der Waals surface area contributed by atoms with E-state index in [1.165, 1.54) is 11.3 Å². The van der Waals surface area contributed by atoms with Crippen LogP contribution in [0.1, 0.15) is 20.9 Å². The Balaban J connectivity index is 1.75. The van der Waals surface area contributed by atoms with Gasteiger partial charge >= 0.3 is 0 Å². The molecule has 25 heavy (non-hydrogen) atoms. The van der Waals surface area contributed by atoms with Crippen molar-refractivity contribution in [2.75, 3.05) is 7.11 Å². The van der Waals surface area contributed by atoms with Crippen molar-refractivity contribution in [2.24, 2.45) is 0 Å². The van der Waals surface area contributed by atoms with E-state index >= 15 is 0 Å². The highest BCUT2D eigenvalue weighted by atomic mass is 35.5. The van der Waals surface area contributed by atoms with Gasteiger partial charge in [-0.1, -0.05) is 29.8 Å². The molecule has 6 heteroatoms. The molecule has 3 aromatic rings. The van der Waals surface area contributed by atoms with Crippen LogP contribution in [0.5, 0.6) is 5.75 Å². The molecular formula is C19H17ClN2O2S. The predicted octanol–water partition coefficient (Wildman–Crippen LogP) is 4.71. The van der Waals surface area contributed by atoms with Crippen LogP contribution in [-0.4, -0.2) is 18.0 Å². The van der Waals surface area contributed by atoms with Crippen LogP contribution in [0, 0.1) is 6.92 Å². The summed E-state index contributed by atoms with van der Waals surface area (Å²) < 4.78 is 5.16. The number of hydrogen-bond acceptors (Lipinski definition) is 4. The van der Waals surface area contributed by atoms with Crippen molar-refractivity contribution in [1.82, 2.24) is 10.3 Å². The molecule has 1 amide bonds. The second kappa shape index (κ2) is 7.68. The maximum absolute atomic E-state index is 12.5. The lowest BCUT2D eigenvalue weighted by atomic mass is 10.2. The number of ether oxygens (including phenoxy) is 1. The smallest absolute Gasteiger partial charge is 0.263 e. The highest BCUT2D eigenvalue weighted by Crippen LogP contribution is 2.29. The van der Waals surface area contributed by atoms with E-state index in [-0.39, 0.29) is 5.91 Å². The second-order valence-electron chi connectivity index (χ2n) is 5.44. The van der Waals surface area contributed by atoms with Gasteiger partial charge in [-0.3, -0.25) is 4.79 Å². The number of carbonyl (C=O) groups excluding carboxylic acids is 1. The number of aryl methyl sites for hydroxylation is 1. The lowest BCUT2D eigenvalue weighted by Gasteiger charge is -2.05. The minimum absolute atomic E-state index is 0.144. The standard InChI is InChI=1S/C19H17ClN2O2S/c1-12-17(18(23)21-11-14-5-3-4-6-16(14)20)25-19(22-12)13-7-9-15(24-2)10-8-13/h3-10H,11H2,1-2H3,(H,21,23). The maximum Gasteiger partial charge on any atom is 0.263 e. The molecule has 0 fully saturated rings. The number of hydrogen-bond donors (Lipinski definition) is 1. The van der Waals surface area contributed by atoms with E-state index in [9.17, 15) is 4.79 Å². The number of aromatic nitrogens is 1. The minimum atomic E-state index is -0.144. The van der Waals surface area contributed by atoms with Gasteiger partial charge in [-0.2, -0.15) is 0 Å². The largest absolute Gasteiger partial charge is 0.497 e. The molecule has 0 radical (unpaired) electrons. The number of thiazole rings is 1. The van der Waals surface area contributed by atoms with Crippen LogP contribution in [0.2, 0.25) is 5.02 Å². The van der Waals surface area contributed by atoms with E-state index < -0.39 is 0 Å². The van der Waals surface area contributed by atoms with Gasteiger partial charge in [0.1, 0.15) is 15.6 Å². The zero-order valence-electron chi connectivity index (χ0n) is 13.9. The summed E-state index contributed by atoms with van der Waals surface area (Å²) in [6.45, 7) is 2.22. The number of carbonyl (C=O) groups is 1. The number of methoxy groups -OCH3 is 1. The van der Waals surface area contributed by atoms with Crippen LogP contribution >= 0.6 is 22.9 Å². The van der Waals surface area contributed by atoms with Crippen molar-refractivity contribution < 1.29 is 9.53 Å². The zero-order valence-corrected chi connectivity index (χ0v) is 15.4. The highest BCUT2D eigenvalue weighted by molar-refractivity contribution is 7.17. The molecule has 128 valence electrons. The molecule has 0 saturated heterocycles. The first-order chi connectivity index (χ1) is 12.1. The molecule has 1 aromatic heterocycles. The third-order valence-electron chi connectivity index (χ3n) is 3.74. The van der Waals surface area contributed by atoms with E-state index in [2.05, 4.69) is 10.3 Å². The molecule has 1 N–H and O–H groups in total. The molecule has 0 aliphatic rings. The molecule has 2 aromatic carbocycles. The number of halogens is 1. The number of nitrogens with zero attached hydrogens (tertiary/aromatic N) is 1. The van der Waals surface area contributed by atoms with Crippen LogP contribution < -0.4 is 10.1 Å². The average Bonchev–Trinajstić information content (AvgIpc) is 3.03. The summed E-state index contributed by atoms with van der Waals surface area (Å²) in [4.78, 5) is 17.6. The fourth-order valence-corrected chi connectivity index (χ4v) is 3.55. The molecule has 3 rings (SSSR count). The van der Waals surface area contributed by atoms with Gasteiger partial charge in [0.05, 0.1) is 12.8 Å². The lowest BCUT2D eigenvalue weighted by molar-refractivity contribution is 0.0954. The first-order valence-electron chi connectivity index (χ1n) is 7.72. The number of nitrogens with one attached hydrogen (secondary N) is 1. The minimum Gasteiger partial charge on any atom is -0.497 e. The van der Waals surface area contributed by atoms with Crippen molar-refractivity contribution in [2.45, 2.75) is 13.5 Å². The van der Waals surface area contributed by atoms with Crippen molar-refractivity contribution in [3.8, 4) is 16.3 Å². The number of rotatable bonds is 5. The summed E-state index contributed by atoms with van der Waals surface area (Å²) in [6, 6.07) is 15.1. The Morgan fingerprint density at radius 1 is 1.20 bits per heavy atom. The Morgan fingerprint density at radius 2 is 1.92 bits per heavy atom. The highest BCUT2D eigenvalue weighted by Gasteiger charge is 2.16. The number of amides is 1. The summed E-state index contributed by atoms with van der Waals surface area (Å²) in [5, 5.41) is 4.36. The summed E-state index contributed by atoms with van der Waals surface area (Å²) >= 11 is 7.50. The van der Waals surface area contributed by atoms with E-state index in [1.54, 1.807) is 7.11 Å². The molecule has 0 spiro atoms. The van der Waals surface area contributed by atoms with Crippen molar-refractivity contribution >= 4 is 28.8 Å². The van der Waals surface area contributed by atoms with E-state index in [0.29, 0.717) is 22.1 Å².